The quantitative estimate of drug-likeness (QED) is 0.00884. The van der Waals surface area contributed by atoms with Crippen LogP contribution < -0.4 is 31.0 Å². The molecule has 0 saturated carbocycles. The molecule has 5 aromatic rings. The number of benzene rings is 2. The number of aldehydes is 2. The first-order valence-corrected chi connectivity index (χ1v) is 29.1. The number of allylic oxidation sites excluding steroid dienone is 5. The Morgan fingerprint density at radius 3 is 2.12 bits per heavy atom. The van der Waals surface area contributed by atoms with Crippen molar-refractivity contribution in [2.24, 2.45) is 15.9 Å². The van der Waals surface area contributed by atoms with Gasteiger partial charge in [0.2, 0.25) is 27.8 Å². The van der Waals surface area contributed by atoms with Crippen LogP contribution >= 0.6 is 12.6 Å². The van der Waals surface area contributed by atoms with Crippen LogP contribution in [0.15, 0.2) is 75.9 Å². The van der Waals surface area contributed by atoms with Gasteiger partial charge in [0, 0.05) is 102 Å². The maximum atomic E-state index is 13.5. The van der Waals surface area contributed by atoms with Crippen molar-refractivity contribution in [1.82, 2.24) is 38.7 Å². The van der Waals surface area contributed by atoms with Gasteiger partial charge in [0.25, 0.3) is 5.91 Å². The Labute approximate surface area is 481 Å². The minimum Gasteiger partial charge on any atom is -0.494 e. The second-order valence-corrected chi connectivity index (χ2v) is 20.2. The fourth-order valence-electron chi connectivity index (χ4n) is 8.28. The number of rotatable bonds is 27. The minimum absolute atomic E-state index is 0.0398. The highest BCUT2D eigenvalue weighted by Crippen LogP contribution is 2.34. The molecule has 1 unspecified atom stereocenters. The van der Waals surface area contributed by atoms with E-state index < -0.39 is 21.2 Å². The van der Waals surface area contributed by atoms with Gasteiger partial charge in [-0.25, -0.2) is 23.5 Å². The number of nitrogens with one attached hydrogen (secondary N) is 2. The number of nitrogens with zero attached hydrogens (tertiary/aromatic N) is 9. The number of sulfonamides is 1. The van der Waals surface area contributed by atoms with Crippen LogP contribution in [0.4, 0.5) is 11.9 Å². The summed E-state index contributed by atoms with van der Waals surface area (Å²) in [5, 5.41) is 15.1. The molecule has 6 N–H and O–H groups in total. The maximum absolute atomic E-state index is 13.5. The number of hydrogen-bond donors (Lipinski definition) is 5. The number of imidazole rings is 2. The highest BCUT2D eigenvalue weighted by atomic mass is 32.2. The van der Waals surface area contributed by atoms with E-state index in [4.69, 9.17) is 30.1 Å². The van der Waals surface area contributed by atoms with E-state index in [2.05, 4.69) is 38.3 Å². The summed E-state index contributed by atoms with van der Waals surface area (Å²) in [6, 6.07) is 7.79. The third kappa shape index (κ3) is 19.1. The molecule has 23 nitrogen and oxygen atoms in total. The summed E-state index contributed by atoms with van der Waals surface area (Å²) < 4.78 is 47.9. The van der Waals surface area contributed by atoms with E-state index in [0.29, 0.717) is 104 Å². The summed E-state index contributed by atoms with van der Waals surface area (Å²) in [6.07, 6.45) is 10.0. The molecule has 81 heavy (non-hydrogen) atoms. The van der Waals surface area contributed by atoms with Crippen molar-refractivity contribution in [2.45, 2.75) is 124 Å². The molecular weight excluding hydrogens is 1080 g/mol. The number of aryl methyl sites for hydroxylation is 2. The average Bonchev–Trinajstić information content (AvgIpc) is 4.36. The standard InChI is InChI=1S/C45H61N11O9S2.C7H10N2O.2C2H6/c1-8-31(22-33(66)27-57)53(6)16-13-40(59)54-25-32(26-54)64-17-12-18-65-39-21-30(29(4)58)20-35-42(39)55(44(48-5)50-35)14-10-11-15-56-41-36(23-34(67(47,61)62)24-38(41)63-7)51-45(56)52-43(60)37(49-9-2)19-28(3)46;1-3-9-7(5-10)4-6(2)8-9;2*1-2/h8,10-11,19-21,23-24,27,32-33,66H,9,12-18,22,25-26,46H2,1-7H3,(H,48,50)(H2,47,61,62)(H,51,52,60);4-5H,3H2,1-2H3;2*1-2H3/b11-10+,28-19-,31-8?,49-37?;;;. The van der Waals surface area contributed by atoms with Crippen LogP contribution in [0.1, 0.15) is 108 Å². The summed E-state index contributed by atoms with van der Waals surface area (Å²) in [5.41, 5.74) is 11.1. The SMILES string of the molecule is CC.CC.CC=C(CC(S)C=O)N(C)CCC(=O)N1CC(OCCCOc2cc(C(C)=O)cc3nc(NC)n(C/C=C/Cn4c(NC(=O)C(/C=C(/C)N)=NCC)nc5cc(S(N)(=O)=O)cc(OC)c54)c23)C1.CCn1nc(C)cc1C=O. The Morgan fingerprint density at radius 1 is 0.951 bits per heavy atom. The van der Waals surface area contributed by atoms with Crippen molar-refractivity contribution in [3.8, 4) is 11.5 Å². The van der Waals surface area contributed by atoms with Gasteiger partial charge in [-0.15, -0.1) is 0 Å². The van der Waals surface area contributed by atoms with Gasteiger partial charge in [0.05, 0.1) is 53.3 Å². The monoisotopic (exact) mass is 1160 g/mol. The molecule has 0 radical (unpaired) electrons. The molecule has 1 fully saturated rings. The summed E-state index contributed by atoms with van der Waals surface area (Å²) in [5.74, 6) is 0.529. The van der Waals surface area contributed by atoms with Crippen molar-refractivity contribution < 1.29 is 46.6 Å². The summed E-state index contributed by atoms with van der Waals surface area (Å²) in [4.78, 5) is 77.4. The number of methoxy groups -OCH3 is 1. The number of carbonyl (C=O) groups excluding carboxylic acids is 5. The Morgan fingerprint density at radius 2 is 1.58 bits per heavy atom. The number of carbonyl (C=O) groups is 5. The third-order valence-corrected chi connectivity index (χ3v) is 13.4. The van der Waals surface area contributed by atoms with Gasteiger partial charge < -0.3 is 49.0 Å². The van der Waals surface area contributed by atoms with Crippen molar-refractivity contribution in [2.75, 3.05) is 71.2 Å². The lowest BCUT2D eigenvalue weighted by Gasteiger charge is -2.39. The Balaban J connectivity index is 0.00000109. The molecule has 0 aliphatic carbocycles. The zero-order chi connectivity index (χ0) is 60.6. The number of ketones is 1. The van der Waals surface area contributed by atoms with Crippen LogP contribution in [0.5, 0.6) is 11.5 Å². The van der Waals surface area contributed by atoms with E-state index in [-0.39, 0.29) is 58.8 Å². The second kappa shape index (κ2) is 33.4. The number of primary sulfonamides is 1. The highest BCUT2D eigenvalue weighted by Gasteiger charge is 2.31. The van der Waals surface area contributed by atoms with Crippen molar-refractivity contribution in [3.05, 3.63) is 83.0 Å². The van der Waals surface area contributed by atoms with Crippen molar-refractivity contribution in [3.63, 3.8) is 0 Å². The lowest BCUT2D eigenvalue weighted by molar-refractivity contribution is -0.145. The molecule has 0 spiro atoms. The number of likely N-dealkylation sites (tertiary alicyclic amines) is 1. The second-order valence-electron chi connectivity index (χ2n) is 17.9. The van der Waals surface area contributed by atoms with Crippen molar-refractivity contribution >= 4 is 92.5 Å². The van der Waals surface area contributed by atoms with Gasteiger partial charge in [-0.05, 0) is 71.9 Å². The number of thiol groups is 1. The van der Waals surface area contributed by atoms with Crippen LogP contribution in [-0.2, 0) is 48.8 Å². The zero-order valence-electron chi connectivity index (χ0n) is 49.1. The van der Waals surface area contributed by atoms with Gasteiger partial charge >= 0.3 is 0 Å². The number of ether oxygens (including phenoxy) is 3. The van der Waals surface area contributed by atoms with E-state index in [1.165, 1.54) is 32.2 Å². The van der Waals surface area contributed by atoms with Crippen LogP contribution in [0.2, 0.25) is 0 Å². The van der Waals surface area contributed by atoms with Crippen LogP contribution in [0, 0.1) is 6.92 Å². The Kier molecular flexibility index (Phi) is 28.0. The molecule has 25 heteroatoms. The predicted octanol–water partition coefficient (Wildman–Crippen LogP) is 6.99. The molecule has 1 aliphatic heterocycles. The van der Waals surface area contributed by atoms with Crippen LogP contribution in [-0.4, -0.2) is 155 Å². The Hall–Kier alpha value is -7.35. The lowest BCUT2D eigenvalue weighted by Crippen LogP contribution is -2.55. The maximum Gasteiger partial charge on any atom is 0.276 e. The number of amides is 2. The molecule has 1 saturated heterocycles. The fourth-order valence-corrected chi connectivity index (χ4v) is 9.01. The van der Waals surface area contributed by atoms with E-state index in [9.17, 15) is 32.4 Å². The average molecular weight is 1160 g/mol. The first-order valence-electron chi connectivity index (χ1n) is 27.0. The summed E-state index contributed by atoms with van der Waals surface area (Å²) >= 11 is 4.27. The first-order chi connectivity index (χ1) is 38.7. The van der Waals surface area contributed by atoms with Gasteiger partial charge in [-0.3, -0.25) is 34.2 Å². The molecule has 6 rings (SSSR count). The number of hydrogen-bond acceptors (Lipinski definition) is 18. The normalized spacial score (nSPS) is 13.3. The molecule has 444 valence electrons. The molecule has 2 aromatic carbocycles. The topological polar surface area (TPSA) is 296 Å². The number of anilines is 2. The summed E-state index contributed by atoms with van der Waals surface area (Å²) in [7, 11) is 0.883. The van der Waals surface area contributed by atoms with Crippen LogP contribution in [0.3, 0.4) is 0 Å². The Bertz CT molecular complexity index is 3170. The van der Waals surface area contributed by atoms with Gasteiger partial charge in [0.15, 0.2) is 12.1 Å². The first kappa shape index (κ1) is 67.9. The highest BCUT2D eigenvalue weighted by molar-refractivity contribution is 7.89. The van der Waals surface area contributed by atoms with Crippen molar-refractivity contribution in [1.29, 1.82) is 0 Å². The molecular formula is C56H83N13O10S2. The number of Topliss-reactive ketones (excluding diaryl/α,β-unsaturated/α-hetero) is 1. The van der Waals surface area contributed by atoms with Gasteiger partial charge in [0.1, 0.15) is 40.2 Å². The lowest BCUT2D eigenvalue weighted by atomic mass is 10.1. The number of fused-ring (bicyclic) bond motifs is 2. The van der Waals surface area contributed by atoms with E-state index in [1.807, 2.05) is 83.2 Å². The third-order valence-electron chi connectivity index (χ3n) is 12.2. The molecule has 4 heterocycles. The molecule has 1 aliphatic rings. The summed E-state index contributed by atoms with van der Waals surface area (Å²) in [6.45, 7) is 22.3. The molecule has 1 atom stereocenters. The van der Waals surface area contributed by atoms with E-state index >= 15 is 0 Å². The number of aliphatic imine (C=N–C) groups is 1. The molecule has 2 amide bonds. The fraction of sp³-hybridized carbons (Fsp3) is 0.482. The largest absolute Gasteiger partial charge is 0.494 e. The van der Waals surface area contributed by atoms with E-state index in [0.717, 1.165) is 30.5 Å². The smallest absolute Gasteiger partial charge is 0.276 e. The number of nitrogens with two attached hydrogens (primary N) is 2. The van der Waals surface area contributed by atoms with Gasteiger partial charge in [-0.1, -0.05) is 45.9 Å². The molecule has 0 bridgehead atoms. The predicted molar refractivity (Wildman–Crippen MR) is 322 cm³/mol. The van der Waals surface area contributed by atoms with Gasteiger partial charge in [-0.2, -0.15) is 17.7 Å². The van der Waals surface area contributed by atoms with E-state index in [1.54, 1.807) is 53.2 Å². The molecule has 3 aromatic heterocycles. The zero-order valence-corrected chi connectivity index (χ0v) is 50.8. The van der Waals surface area contributed by atoms with Crippen LogP contribution in [0.25, 0.3) is 22.1 Å². The number of aromatic nitrogens is 6. The minimum atomic E-state index is -4.14.